The van der Waals surface area contributed by atoms with Gasteiger partial charge in [0, 0.05) is 21.7 Å². The van der Waals surface area contributed by atoms with Crippen LogP contribution in [0.15, 0.2) is 84.9 Å². The van der Waals surface area contributed by atoms with Gasteiger partial charge in [0.2, 0.25) is 0 Å². The summed E-state index contributed by atoms with van der Waals surface area (Å²) in [6.45, 7) is 1.96. The molecule has 2 atom stereocenters. The van der Waals surface area contributed by atoms with Crippen molar-refractivity contribution in [2.24, 2.45) is 5.92 Å². The van der Waals surface area contributed by atoms with E-state index >= 15 is 0 Å². The summed E-state index contributed by atoms with van der Waals surface area (Å²) in [5.74, 6) is -2.20. The Hall–Kier alpha value is -3.74. The zero-order valence-electron chi connectivity index (χ0n) is 20.1. The number of ketones is 1. The molecule has 1 N–H and O–H groups in total. The molecule has 3 aromatic carbocycles. The average molecular weight is 530 g/mol. The lowest BCUT2D eigenvalue weighted by molar-refractivity contribution is -0.151. The third-order valence-electron chi connectivity index (χ3n) is 6.49. The van der Waals surface area contributed by atoms with Crippen molar-refractivity contribution in [1.82, 2.24) is 0 Å². The molecule has 0 radical (unpaired) electrons. The van der Waals surface area contributed by atoms with Crippen molar-refractivity contribution in [2.75, 3.05) is 11.9 Å². The van der Waals surface area contributed by atoms with Crippen molar-refractivity contribution in [3.8, 4) is 0 Å². The summed E-state index contributed by atoms with van der Waals surface area (Å²) >= 11 is 7.81. The van der Waals surface area contributed by atoms with Crippen molar-refractivity contribution in [3.63, 3.8) is 0 Å². The molecule has 37 heavy (non-hydrogen) atoms. The Bertz CT molecular complexity index is 1510. The molecule has 0 spiro atoms. The van der Waals surface area contributed by atoms with E-state index < -0.39 is 11.9 Å². The lowest BCUT2D eigenvalue weighted by atomic mass is 9.73. The highest BCUT2D eigenvalue weighted by atomic mass is 35.5. The predicted molar refractivity (Wildman–Crippen MR) is 148 cm³/mol. The third kappa shape index (κ3) is 5.08. The Kier molecular flexibility index (Phi) is 7.22. The standard InChI is InChI=1S/C30H24ClNO4S/c1-2-36-30(35)26-23(19-8-4-3-5-9-19)16-20(17-24(26)33)18-12-14-21(15-13-18)32-29(34)28-27(31)22-10-6-7-11-25(22)37-28/h3-15,17,23,26H,2,16H2,1H3,(H,32,34). The molecule has 0 saturated carbocycles. The van der Waals surface area contributed by atoms with Crippen molar-refractivity contribution in [1.29, 1.82) is 0 Å². The van der Waals surface area contributed by atoms with Crippen LogP contribution in [-0.4, -0.2) is 24.3 Å². The summed E-state index contributed by atoms with van der Waals surface area (Å²) in [6.07, 6.45) is 2.06. The molecule has 1 amide bonds. The maximum Gasteiger partial charge on any atom is 0.317 e. The van der Waals surface area contributed by atoms with Crippen LogP contribution in [0.3, 0.4) is 0 Å². The summed E-state index contributed by atoms with van der Waals surface area (Å²) in [5.41, 5.74) is 3.23. The molecular formula is C30H24ClNO4S. The van der Waals surface area contributed by atoms with Crippen LogP contribution in [0, 0.1) is 5.92 Å². The number of hydrogen-bond donors (Lipinski definition) is 1. The van der Waals surface area contributed by atoms with E-state index in [9.17, 15) is 14.4 Å². The van der Waals surface area contributed by atoms with Crippen LogP contribution in [0.2, 0.25) is 5.02 Å². The Morgan fingerprint density at radius 1 is 1.00 bits per heavy atom. The number of carbonyl (C=O) groups is 3. The fraction of sp³-hybridized carbons (Fsp3) is 0.167. The van der Waals surface area contributed by atoms with Gasteiger partial charge in [0.25, 0.3) is 5.91 Å². The molecule has 5 nitrogen and oxygen atoms in total. The number of allylic oxidation sites excluding steroid dienone is 2. The minimum absolute atomic E-state index is 0.223. The molecule has 5 rings (SSSR count). The maximum atomic E-state index is 13.1. The van der Waals surface area contributed by atoms with Gasteiger partial charge in [-0.3, -0.25) is 14.4 Å². The van der Waals surface area contributed by atoms with Gasteiger partial charge in [-0.15, -0.1) is 11.3 Å². The van der Waals surface area contributed by atoms with E-state index in [1.54, 1.807) is 25.1 Å². The molecule has 1 aliphatic rings. The van der Waals surface area contributed by atoms with Crippen molar-refractivity contribution in [2.45, 2.75) is 19.3 Å². The first-order valence-electron chi connectivity index (χ1n) is 12.0. The van der Waals surface area contributed by atoms with Crippen LogP contribution in [0.1, 0.15) is 40.1 Å². The number of amides is 1. The number of hydrogen-bond acceptors (Lipinski definition) is 5. The van der Waals surface area contributed by atoms with Crippen molar-refractivity contribution >= 4 is 61.9 Å². The second kappa shape index (κ2) is 10.7. The van der Waals surface area contributed by atoms with Gasteiger partial charge in [0.15, 0.2) is 5.78 Å². The number of halogens is 1. The zero-order chi connectivity index (χ0) is 25.9. The lowest BCUT2D eigenvalue weighted by Gasteiger charge is -2.29. The Labute approximate surface area is 223 Å². The number of benzene rings is 3. The van der Waals surface area contributed by atoms with Gasteiger partial charge in [0.1, 0.15) is 10.8 Å². The van der Waals surface area contributed by atoms with Gasteiger partial charge in [0.05, 0.1) is 11.6 Å². The molecule has 0 aliphatic heterocycles. The van der Waals surface area contributed by atoms with Crippen molar-refractivity contribution < 1.29 is 19.1 Å². The number of carbonyl (C=O) groups excluding carboxylic acids is 3. The van der Waals surface area contributed by atoms with Crippen LogP contribution in [0.5, 0.6) is 0 Å². The first kappa shape index (κ1) is 24.9. The summed E-state index contributed by atoms with van der Waals surface area (Å²) in [6, 6.07) is 24.6. The fourth-order valence-electron chi connectivity index (χ4n) is 4.71. The van der Waals surface area contributed by atoms with E-state index in [1.807, 2.05) is 66.7 Å². The van der Waals surface area contributed by atoms with E-state index in [0.29, 0.717) is 22.0 Å². The summed E-state index contributed by atoms with van der Waals surface area (Å²) in [5, 5.41) is 4.22. The van der Waals surface area contributed by atoms with Crippen LogP contribution < -0.4 is 5.32 Å². The maximum absolute atomic E-state index is 13.1. The Balaban J connectivity index is 1.37. The van der Waals surface area contributed by atoms with E-state index in [4.69, 9.17) is 16.3 Å². The van der Waals surface area contributed by atoms with E-state index in [0.717, 1.165) is 26.8 Å². The number of thiophene rings is 1. The number of ether oxygens (including phenoxy) is 1. The molecule has 1 aliphatic carbocycles. The molecule has 0 saturated heterocycles. The molecule has 1 heterocycles. The quantitative estimate of drug-likeness (QED) is 0.213. The van der Waals surface area contributed by atoms with Gasteiger partial charge < -0.3 is 10.1 Å². The zero-order valence-corrected chi connectivity index (χ0v) is 21.6. The summed E-state index contributed by atoms with van der Waals surface area (Å²) in [7, 11) is 0. The SMILES string of the molecule is CCOC(=O)C1C(=O)C=C(c2ccc(NC(=O)c3sc4ccccc4c3Cl)cc2)CC1c1ccccc1. The predicted octanol–water partition coefficient (Wildman–Crippen LogP) is 7.13. The molecule has 0 fully saturated rings. The van der Waals surface area contributed by atoms with Gasteiger partial charge in [-0.2, -0.15) is 0 Å². The smallest absolute Gasteiger partial charge is 0.317 e. The van der Waals surface area contributed by atoms with E-state index in [2.05, 4.69) is 5.32 Å². The van der Waals surface area contributed by atoms with Crippen molar-refractivity contribution in [3.05, 3.63) is 106 Å². The summed E-state index contributed by atoms with van der Waals surface area (Å²) < 4.78 is 6.18. The molecule has 4 aromatic rings. The topological polar surface area (TPSA) is 72.5 Å². The Morgan fingerprint density at radius 3 is 2.41 bits per heavy atom. The van der Waals surface area contributed by atoms with Crippen LogP contribution in [-0.2, 0) is 14.3 Å². The first-order chi connectivity index (χ1) is 18.0. The third-order valence-corrected chi connectivity index (χ3v) is 8.16. The minimum atomic E-state index is -0.865. The first-order valence-corrected chi connectivity index (χ1v) is 13.2. The monoisotopic (exact) mass is 529 g/mol. The molecule has 0 bridgehead atoms. The normalized spacial score (nSPS) is 17.4. The van der Waals surface area contributed by atoms with Gasteiger partial charge in [-0.1, -0.05) is 72.3 Å². The largest absolute Gasteiger partial charge is 0.465 e. The molecule has 186 valence electrons. The van der Waals surface area contributed by atoms with E-state index in [-0.39, 0.29) is 24.2 Å². The molecule has 2 unspecified atom stereocenters. The molecule has 1 aromatic heterocycles. The molecular weight excluding hydrogens is 506 g/mol. The molecule has 7 heteroatoms. The second-order valence-electron chi connectivity index (χ2n) is 8.80. The van der Waals surface area contributed by atoms with Crippen LogP contribution >= 0.6 is 22.9 Å². The van der Waals surface area contributed by atoms with Gasteiger partial charge >= 0.3 is 5.97 Å². The number of nitrogens with one attached hydrogen (secondary N) is 1. The second-order valence-corrected chi connectivity index (χ2v) is 10.2. The minimum Gasteiger partial charge on any atom is -0.465 e. The number of rotatable bonds is 6. The summed E-state index contributed by atoms with van der Waals surface area (Å²) in [4.78, 5) is 39.1. The van der Waals surface area contributed by atoms with E-state index in [1.165, 1.54) is 11.3 Å². The number of fused-ring (bicyclic) bond motifs is 1. The Morgan fingerprint density at radius 2 is 1.70 bits per heavy atom. The lowest BCUT2D eigenvalue weighted by Crippen LogP contribution is -2.34. The highest BCUT2D eigenvalue weighted by molar-refractivity contribution is 7.21. The highest BCUT2D eigenvalue weighted by Crippen LogP contribution is 2.40. The fourth-order valence-corrected chi connectivity index (χ4v) is 6.13. The number of esters is 1. The number of anilines is 1. The average Bonchev–Trinajstić information content (AvgIpc) is 3.26. The van der Waals surface area contributed by atoms with Gasteiger partial charge in [-0.25, -0.2) is 0 Å². The van der Waals surface area contributed by atoms with Crippen LogP contribution in [0.25, 0.3) is 15.7 Å². The highest BCUT2D eigenvalue weighted by Gasteiger charge is 2.39. The van der Waals surface area contributed by atoms with Crippen LogP contribution in [0.4, 0.5) is 5.69 Å². The van der Waals surface area contributed by atoms with Gasteiger partial charge in [-0.05, 0) is 54.3 Å².